The summed E-state index contributed by atoms with van der Waals surface area (Å²) < 4.78 is 35.0. The summed E-state index contributed by atoms with van der Waals surface area (Å²) in [5, 5.41) is 13.2. The number of piperazine rings is 1. The number of piperidine rings is 1. The number of terminal acetylenes is 1. The van der Waals surface area contributed by atoms with Crippen molar-refractivity contribution in [3.05, 3.63) is 76.3 Å². The normalized spacial score (nSPS) is 18.1. The van der Waals surface area contributed by atoms with E-state index in [0.29, 0.717) is 43.0 Å². The zero-order valence-electron chi connectivity index (χ0n) is 25.2. The molecule has 0 aliphatic carbocycles. The van der Waals surface area contributed by atoms with Crippen LogP contribution in [0.2, 0.25) is 0 Å². The van der Waals surface area contributed by atoms with Crippen molar-refractivity contribution in [2.45, 2.75) is 44.6 Å². The first-order valence-electron chi connectivity index (χ1n) is 14.4. The second-order valence-electron chi connectivity index (χ2n) is 11.1. The lowest BCUT2D eigenvalue weighted by Gasteiger charge is -2.37. The van der Waals surface area contributed by atoms with E-state index in [9.17, 15) is 18.7 Å². The van der Waals surface area contributed by atoms with E-state index in [-0.39, 0.29) is 16.8 Å². The molecule has 2 heterocycles. The third kappa shape index (κ3) is 7.03. The number of aryl methyl sites for hydroxylation is 2. The van der Waals surface area contributed by atoms with Gasteiger partial charge in [-0.1, -0.05) is 24.1 Å². The third-order valence-corrected chi connectivity index (χ3v) is 9.33. The average molecular weight is 603 g/mol. The van der Waals surface area contributed by atoms with Gasteiger partial charge in [-0.3, -0.25) is 4.79 Å². The van der Waals surface area contributed by atoms with Crippen molar-refractivity contribution < 1.29 is 13.4 Å². The number of benzene rings is 2. The van der Waals surface area contributed by atoms with Crippen LogP contribution in [0.15, 0.2) is 58.6 Å². The van der Waals surface area contributed by atoms with Crippen LogP contribution in [0.3, 0.4) is 0 Å². The molecule has 2 aromatic rings. The van der Waals surface area contributed by atoms with Gasteiger partial charge in [0.1, 0.15) is 16.8 Å². The Labute approximate surface area is 254 Å². The summed E-state index contributed by atoms with van der Waals surface area (Å²) in [5.41, 5.74) is 5.33. The molecule has 1 atom stereocenters. The van der Waals surface area contributed by atoms with Crippen LogP contribution in [0.5, 0.6) is 0 Å². The van der Waals surface area contributed by atoms with E-state index in [1.54, 1.807) is 29.2 Å². The first-order chi connectivity index (χ1) is 20.5. The second kappa shape index (κ2) is 13.4. The first kappa shape index (κ1) is 31.7. The fourth-order valence-corrected chi connectivity index (χ4v) is 6.90. The van der Waals surface area contributed by atoms with Crippen molar-refractivity contribution in [2.24, 2.45) is 0 Å². The van der Waals surface area contributed by atoms with Crippen LogP contribution in [0.1, 0.15) is 41.3 Å². The van der Waals surface area contributed by atoms with E-state index in [4.69, 9.17) is 11.2 Å². The van der Waals surface area contributed by atoms with E-state index in [2.05, 4.69) is 22.2 Å². The van der Waals surface area contributed by atoms with E-state index in [1.807, 2.05) is 37.8 Å². The average Bonchev–Trinajstić information content (AvgIpc) is 2.98. The van der Waals surface area contributed by atoms with Gasteiger partial charge in [0.15, 0.2) is 0 Å². The Morgan fingerprint density at radius 1 is 1.12 bits per heavy atom. The maximum absolute atomic E-state index is 14.5. The van der Waals surface area contributed by atoms with Crippen LogP contribution >= 0.6 is 0 Å². The van der Waals surface area contributed by atoms with Crippen molar-refractivity contribution in [3.63, 3.8) is 0 Å². The summed E-state index contributed by atoms with van der Waals surface area (Å²) in [5.74, 6) is 1.85. The standard InChI is InChI=1S/C33H39FN6O2S/c1-6-9-30(25(7-2)22-35)38-14-12-26(13-15-38)37-29-21-27(23(3)20-24(29)4)33(41)40-18-16-39(17-19-40)31-11-8-10-28(34)32(31)43(5,36)42/h1,7-11,20-21,26,36-37H,12-19H2,2-5H3/b25-7-,30-9+. The number of hydrogen-bond acceptors (Lipinski definition) is 7. The molecule has 2 aliphatic rings. The van der Waals surface area contributed by atoms with Crippen LogP contribution in [0.25, 0.3) is 0 Å². The minimum absolute atomic E-state index is 0.0614. The lowest BCUT2D eigenvalue weighted by Crippen LogP contribution is -2.49. The number of anilines is 2. The Kier molecular flexibility index (Phi) is 9.83. The topological polar surface area (TPSA) is 104 Å². The maximum atomic E-state index is 14.5. The molecule has 2 aromatic carbocycles. The molecule has 1 unspecified atom stereocenters. The molecule has 0 radical (unpaired) electrons. The predicted molar refractivity (Wildman–Crippen MR) is 170 cm³/mol. The number of likely N-dealkylation sites (tertiary alicyclic amines) is 1. The SMILES string of the molecule is C#C/C=C(\C(C#N)=C/C)N1CCC(Nc2cc(C(=O)N3CCN(c4cccc(F)c4S(C)(=N)=O)CC3)c(C)cc2C)CC1. The fourth-order valence-electron chi connectivity index (χ4n) is 5.86. The summed E-state index contributed by atoms with van der Waals surface area (Å²) in [6.45, 7) is 9.07. The van der Waals surface area contributed by atoms with Gasteiger partial charge in [0.2, 0.25) is 0 Å². The van der Waals surface area contributed by atoms with Gasteiger partial charge in [-0.15, -0.1) is 6.42 Å². The van der Waals surface area contributed by atoms with Gasteiger partial charge in [0, 0.05) is 68.9 Å². The molecule has 43 heavy (non-hydrogen) atoms. The summed E-state index contributed by atoms with van der Waals surface area (Å²) >= 11 is 0. The van der Waals surface area contributed by atoms with E-state index in [1.165, 1.54) is 12.3 Å². The van der Waals surface area contributed by atoms with E-state index >= 15 is 0 Å². The number of allylic oxidation sites excluding steroid dienone is 3. The Hall–Kier alpha value is -4.28. The Morgan fingerprint density at radius 2 is 1.79 bits per heavy atom. The molecule has 1 amide bonds. The summed E-state index contributed by atoms with van der Waals surface area (Å²) in [7, 11) is -3.26. The number of carbonyl (C=O) groups is 1. The molecular weight excluding hydrogens is 563 g/mol. The molecule has 0 spiro atoms. The van der Waals surface area contributed by atoms with Gasteiger partial charge < -0.3 is 20.0 Å². The van der Waals surface area contributed by atoms with Crippen LogP contribution < -0.4 is 10.2 Å². The number of hydrogen-bond donors (Lipinski definition) is 2. The molecule has 2 fully saturated rings. The molecule has 10 heteroatoms. The van der Waals surface area contributed by atoms with Crippen molar-refractivity contribution >= 4 is 27.0 Å². The quantitative estimate of drug-likeness (QED) is 0.253. The Bertz CT molecular complexity index is 1630. The van der Waals surface area contributed by atoms with Crippen LogP contribution in [-0.2, 0) is 9.73 Å². The van der Waals surface area contributed by atoms with Crippen molar-refractivity contribution in [3.8, 4) is 18.4 Å². The van der Waals surface area contributed by atoms with Crippen LogP contribution in [-0.4, -0.2) is 71.5 Å². The van der Waals surface area contributed by atoms with Crippen molar-refractivity contribution in [1.82, 2.24) is 9.80 Å². The number of rotatable bonds is 7. The van der Waals surface area contributed by atoms with Gasteiger partial charge in [-0.25, -0.2) is 13.4 Å². The largest absolute Gasteiger partial charge is 0.382 e. The highest BCUT2D eigenvalue weighted by Gasteiger charge is 2.28. The fraction of sp³-hybridized carbons (Fsp3) is 0.394. The highest BCUT2D eigenvalue weighted by atomic mass is 32.2. The van der Waals surface area contributed by atoms with Crippen molar-refractivity contribution in [1.29, 1.82) is 10.0 Å². The summed E-state index contributed by atoms with van der Waals surface area (Å²) in [6.07, 6.45) is 11.9. The molecule has 8 nitrogen and oxygen atoms in total. The number of nitrogens with zero attached hydrogens (tertiary/aromatic N) is 4. The number of nitrogens with one attached hydrogen (secondary N) is 2. The lowest BCUT2D eigenvalue weighted by molar-refractivity contribution is 0.0746. The number of amides is 1. The van der Waals surface area contributed by atoms with Crippen LogP contribution in [0, 0.1) is 48.1 Å². The number of halogens is 1. The molecule has 2 N–H and O–H groups in total. The van der Waals surface area contributed by atoms with Gasteiger partial charge in [0.05, 0.1) is 26.7 Å². The maximum Gasteiger partial charge on any atom is 0.254 e. The zero-order chi connectivity index (χ0) is 31.3. The smallest absolute Gasteiger partial charge is 0.254 e. The summed E-state index contributed by atoms with van der Waals surface area (Å²) in [4.78, 5) is 19.5. The lowest BCUT2D eigenvalue weighted by atomic mass is 9.99. The van der Waals surface area contributed by atoms with Crippen LogP contribution in [0.4, 0.5) is 15.8 Å². The molecule has 0 saturated carbocycles. The molecule has 0 aromatic heterocycles. The predicted octanol–water partition coefficient (Wildman–Crippen LogP) is 5.30. The minimum Gasteiger partial charge on any atom is -0.382 e. The van der Waals surface area contributed by atoms with Gasteiger partial charge >= 0.3 is 0 Å². The molecule has 2 aliphatic heterocycles. The molecule has 2 saturated heterocycles. The molecule has 0 bridgehead atoms. The number of nitriles is 1. The highest BCUT2D eigenvalue weighted by Crippen LogP contribution is 2.30. The van der Waals surface area contributed by atoms with Gasteiger partial charge in [-0.05, 0) is 62.9 Å². The van der Waals surface area contributed by atoms with E-state index in [0.717, 1.165) is 48.4 Å². The van der Waals surface area contributed by atoms with Gasteiger partial charge in [-0.2, -0.15) is 5.26 Å². The first-order valence-corrected chi connectivity index (χ1v) is 16.4. The third-order valence-electron chi connectivity index (χ3n) is 8.15. The Morgan fingerprint density at radius 3 is 2.37 bits per heavy atom. The van der Waals surface area contributed by atoms with Crippen molar-refractivity contribution in [2.75, 3.05) is 55.7 Å². The number of carbonyl (C=O) groups excluding carboxylic acids is 1. The Balaban J connectivity index is 1.43. The monoisotopic (exact) mass is 602 g/mol. The molecular formula is C33H39FN6O2S. The molecule has 226 valence electrons. The highest BCUT2D eigenvalue weighted by molar-refractivity contribution is 7.91. The van der Waals surface area contributed by atoms with E-state index < -0.39 is 15.5 Å². The summed E-state index contributed by atoms with van der Waals surface area (Å²) in [6, 6.07) is 10.9. The minimum atomic E-state index is -3.26. The second-order valence-corrected chi connectivity index (χ2v) is 13.2. The molecule has 4 rings (SSSR count). The zero-order valence-corrected chi connectivity index (χ0v) is 26.1. The van der Waals surface area contributed by atoms with Gasteiger partial charge in [0.25, 0.3) is 5.91 Å².